The monoisotopic (exact) mass is 557 g/mol. The molecule has 0 saturated carbocycles. The lowest BCUT2D eigenvalue weighted by atomic mass is 10.00. The summed E-state index contributed by atoms with van der Waals surface area (Å²) in [5.41, 5.74) is -4.05. The van der Waals surface area contributed by atoms with Crippen molar-refractivity contribution in [3.63, 3.8) is 0 Å². The summed E-state index contributed by atoms with van der Waals surface area (Å²) in [6, 6.07) is 0.312. The molecule has 190 valence electrons. The summed E-state index contributed by atoms with van der Waals surface area (Å²) >= 11 is 8.28. The van der Waals surface area contributed by atoms with Crippen LogP contribution in [0, 0.1) is 0 Å². The van der Waals surface area contributed by atoms with Crippen molar-refractivity contribution in [2.45, 2.75) is 16.6 Å². The Morgan fingerprint density at radius 3 is 2.24 bits per heavy atom. The molecule has 0 saturated heterocycles. The van der Waals surface area contributed by atoms with Crippen LogP contribution in [0.4, 0.5) is 32.2 Å². The molecule has 34 heavy (non-hydrogen) atoms. The standard InChI is InChI=1S/C16H15Cl2F6N5O4S/c1-32-4-29(5-33-2)14-12(34(31)16(22,23)24)11(26-27-14)9-7(17)3-6(15(19,20)21)8(10(9)18)13(25)28-30/h3,30H,4-5H2,1-2H3,(H2,25,28)(H,26,27). The third kappa shape index (κ3) is 5.58. The molecule has 1 aromatic carbocycles. The van der Waals surface area contributed by atoms with Crippen LogP contribution in [0.2, 0.25) is 10.0 Å². The normalized spacial score (nSPS) is 13.9. The van der Waals surface area contributed by atoms with Gasteiger partial charge in [0.2, 0.25) is 4.90 Å². The zero-order valence-corrected chi connectivity index (χ0v) is 19.3. The predicted molar refractivity (Wildman–Crippen MR) is 110 cm³/mol. The van der Waals surface area contributed by atoms with Gasteiger partial charge in [-0.15, -0.1) is 13.2 Å². The first kappa shape index (κ1) is 28.1. The van der Waals surface area contributed by atoms with Crippen molar-refractivity contribution in [1.82, 2.24) is 10.2 Å². The number of benzene rings is 1. The highest BCUT2D eigenvalue weighted by atomic mass is 35.5. The van der Waals surface area contributed by atoms with E-state index in [0.29, 0.717) is 6.07 Å². The predicted octanol–water partition coefficient (Wildman–Crippen LogP) is 4.14. The van der Waals surface area contributed by atoms with E-state index in [-0.39, 0.29) is 13.5 Å². The molecular formula is C16H15Cl2F6N5O4S. The highest BCUT2D eigenvalue weighted by molar-refractivity contribution is 7.92. The molecular weight excluding hydrogens is 543 g/mol. The number of oxime groups is 1. The molecule has 0 aliphatic heterocycles. The van der Waals surface area contributed by atoms with Gasteiger partial charge in [0.05, 0.1) is 21.2 Å². The summed E-state index contributed by atoms with van der Waals surface area (Å²) in [6.45, 7) is -0.719. The van der Waals surface area contributed by atoms with Crippen LogP contribution in [0.15, 0.2) is 16.1 Å². The van der Waals surface area contributed by atoms with Crippen molar-refractivity contribution in [3.8, 4) is 11.3 Å². The van der Waals surface area contributed by atoms with Crippen LogP contribution < -0.4 is 10.6 Å². The Morgan fingerprint density at radius 2 is 1.79 bits per heavy atom. The number of amidine groups is 1. The van der Waals surface area contributed by atoms with Gasteiger partial charge in [-0.3, -0.25) is 5.10 Å². The first-order valence-electron chi connectivity index (χ1n) is 8.57. The largest absolute Gasteiger partial charge is 0.604 e. The molecule has 18 heteroatoms. The Labute approximate surface area is 200 Å². The van der Waals surface area contributed by atoms with Gasteiger partial charge in [-0.1, -0.05) is 28.4 Å². The zero-order chi connectivity index (χ0) is 26.0. The number of rotatable bonds is 8. The molecule has 1 heterocycles. The van der Waals surface area contributed by atoms with Crippen LogP contribution >= 0.6 is 23.2 Å². The number of hydrogen-bond donors (Lipinski definition) is 3. The number of hydrogen-bond acceptors (Lipinski definition) is 7. The highest BCUT2D eigenvalue weighted by Crippen LogP contribution is 2.48. The van der Waals surface area contributed by atoms with Crippen molar-refractivity contribution in [2.75, 3.05) is 32.6 Å². The smallest absolute Gasteiger partial charge is 0.578 e. The maximum absolute atomic E-state index is 13.5. The maximum Gasteiger partial charge on any atom is 0.578 e. The summed E-state index contributed by atoms with van der Waals surface area (Å²) < 4.78 is 103. The summed E-state index contributed by atoms with van der Waals surface area (Å²) in [7, 11) is 2.43. The van der Waals surface area contributed by atoms with E-state index in [1.54, 1.807) is 0 Å². The maximum atomic E-state index is 13.5. The minimum absolute atomic E-state index is 0.312. The summed E-state index contributed by atoms with van der Waals surface area (Å²) in [5, 5.41) is 15.6. The quantitative estimate of drug-likeness (QED) is 0.0844. The number of nitrogens with zero attached hydrogens (tertiary/aromatic N) is 3. The number of H-pyrrole nitrogens is 1. The molecule has 1 aromatic heterocycles. The Kier molecular flexibility index (Phi) is 8.82. The van der Waals surface area contributed by atoms with E-state index >= 15 is 0 Å². The fourth-order valence-corrected chi connectivity index (χ4v) is 4.47. The Morgan fingerprint density at radius 1 is 1.24 bits per heavy atom. The number of halogens is 8. The number of aromatic amines is 1. The van der Waals surface area contributed by atoms with E-state index in [1.165, 1.54) is 14.2 Å². The van der Waals surface area contributed by atoms with Crippen LogP contribution in [-0.4, -0.2) is 59.0 Å². The molecule has 0 aliphatic rings. The fourth-order valence-electron chi connectivity index (χ4n) is 2.84. The van der Waals surface area contributed by atoms with Gasteiger partial charge < -0.3 is 29.9 Å². The van der Waals surface area contributed by atoms with E-state index < -0.39 is 71.8 Å². The van der Waals surface area contributed by atoms with Gasteiger partial charge in [-0.25, -0.2) is 0 Å². The molecule has 2 rings (SSSR count). The molecule has 0 aliphatic carbocycles. The van der Waals surface area contributed by atoms with Crippen LogP contribution in [0.3, 0.4) is 0 Å². The molecule has 0 spiro atoms. The third-order valence-electron chi connectivity index (χ3n) is 4.11. The van der Waals surface area contributed by atoms with Gasteiger partial charge in [0.25, 0.3) is 0 Å². The Hall–Kier alpha value is -2.11. The first-order valence-corrected chi connectivity index (χ1v) is 10.5. The lowest BCUT2D eigenvalue weighted by Crippen LogP contribution is -2.31. The fraction of sp³-hybridized carbons (Fsp3) is 0.375. The number of aromatic nitrogens is 2. The Balaban J connectivity index is 2.96. The lowest BCUT2D eigenvalue weighted by molar-refractivity contribution is -0.137. The molecule has 0 radical (unpaired) electrons. The molecule has 4 N–H and O–H groups in total. The second-order valence-corrected chi connectivity index (χ2v) is 8.49. The summed E-state index contributed by atoms with van der Waals surface area (Å²) in [6.07, 6.45) is -5.10. The van der Waals surface area contributed by atoms with Crippen molar-refractivity contribution >= 4 is 46.0 Å². The van der Waals surface area contributed by atoms with Crippen LogP contribution in [-0.2, 0) is 26.8 Å². The molecule has 2 aromatic rings. The number of alkyl halides is 6. The topological polar surface area (TPSA) is 132 Å². The summed E-state index contributed by atoms with van der Waals surface area (Å²) in [5.74, 6) is -1.60. The molecule has 1 unspecified atom stereocenters. The first-order chi connectivity index (χ1) is 15.7. The van der Waals surface area contributed by atoms with Crippen molar-refractivity contribution in [3.05, 3.63) is 27.2 Å². The zero-order valence-electron chi connectivity index (χ0n) is 17.0. The van der Waals surface area contributed by atoms with Gasteiger partial charge >= 0.3 is 11.7 Å². The Bertz CT molecular complexity index is 1060. The molecule has 0 amide bonds. The average molecular weight is 558 g/mol. The summed E-state index contributed by atoms with van der Waals surface area (Å²) in [4.78, 5) is 0.0156. The van der Waals surface area contributed by atoms with Gasteiger partial charge in [-0.2, -0.15) is 18.3 Å². The molecule has 9 nitrogen and oxygen atoms in total. The third-order valence-corrected chi connectivity index (χ3v) is 5.96. The number of ether oxygens (including phenoxy) is 2. The minimum Gasteiger partial charge on any atom is -0.604 e. The SMILES string of the molecule is COCN(COC)c1[nH]nc(-c2c(Cl)cc(C(F)(F)F)c(C(N)=NO)c2Cl)c1[S+]([O-])C(F)(F)F. The molecule has 0 fully saturated rings. The highest BCUT2D eigenvalue weighted by Gasteiger charge is 2.51. The van der Waals surface area contributed by atoms with Gasteiger partial charge in [0.15, 0.2) is 17.3 Å². The van der Waals surface area contributed by atoms with E-state index in [1.807, 2.05) is 0 Å². The van der Waals surface area contributed by atoms with E-state index in [0.717, 1.165) is 4.90 Å². The number of anilines is 1. The van der Waals surface area contributed by atoms with Gasteiger partial charge in [-0.05, 0) is 6.07 Å². The number of nitrogens with one attached hydrogen (secondary N) is 1. The van der Waals surface area contributed by atoms with Crippen molar-refractivity contribution in [2.24, 2.45) is 10.9 Å². The van der Waals surface area contributed by atoms with Crippen molar-refractivity contribution in [1.29, 1.82) is 0 Å². The van der Waals surface area contributed by atoms with Gasteiger partial charge in [0.1, 0.15) is 24.6 Å². The lowest BCUT2D eigenvalue weighted by Gasteiger charge is -2.23. The van der Waals surface area contributed by atoms with Crippen LogP contribution in [0.5, 0.6) is 0 Å². The number of methoxy groups -OCH3 is 2. The van der Waals surface area contributed by atoms with E-state index in [2.05, 4.69) is 15.4 Å². The molecule has 1 atom stereocenters. The second kappa shape index (κ2) is 10.7. The average Bonchev–Trinajstić information content (AvgIpc) is 3.15. The van der Waals surface area contributed by atoms with Crippen molar-refractivity contribution < 1.29 is 45.6 Å². The van der Waals surface area contributed by atoms with Gasteiger partial charge in [0, 0.05) is 19.8 Å². The number of nitrogens with two attached hydrogens (primary N) is 1. The van der Waals surface area contributed by atoms with Crippen LogP contribution in [0.25, 0.3) is 11.3 Å². The molecule has 0 bridgehead atoms. The van der Waals surface area contributed by atoms with Crippen LogP contribution in [0.1, 0.15) is 11.1 Å². The van der Waals surface area contributed by atoms with E-state index in [4.69, 9.17) is 43.6 Å². The second-order valence-electron chi connectivity index (χ2n) is 6.29. The minimum atomic E-state index is -5.32. The van der Waals surface area contributed by atoms with E-state index in [9.17, 15) is 30.9 Å².